The van der Waals surface area contributed by atoms with Crippen LogP contribution < -0.4 is 5.73 Å². The van der Waals surface area contributed by atoms with Crippen LogP contribution in [0.4, 0.5) is 8.78 Å². The van der Waals surface area contributed by atoms with Crippen molar-refractivity contribution in [3.63, 3.8) is 0 Å². The molecule has 0 saturated heterocycles. The quantitative estimate of drug-likeness (QED) is 0.877. The zero-order valence-corrected chi connectivity index (χ0v) is 9.60. The number of benzene rings is 1. The van der Waals surface area contributed by atoms with Crippen molar-refractivity contribution in [3.8, 4) is 0 Å². The summed E-state index contributed by atoms with van der Waals surface area (Å²) in [6, 6.07) is 2.48. The first-order chi connectivity index (χ1) is 7.31. The molecule has 0 aliphatic carbocycles. The molecule has 90 valence electrons. The SMILES string of the molecule is CS(=O)(=O)CCC(N)c1c(F)cccc1F. The minimum Gasteiger partial charge on any atom is -0.324 e. The average Bonchev–Trinajstić information content (AvgIpc) is 2.13. The van der Waals surface area contributed by atoms with Crippen molar-refractivity contribution in [1.29, 1.82) is 0 Å². The zero-order valence-electron chi connectivity index (χ0n) is 8.78. The number of rotatable bonds is 4. The highest BCUT2D eigenvalue weighted by atomic mass is 32.2. The molecule has 1 aromatic carbocycles. The van der Waals surface area contributed by atoms with Gasteiger partial charge in [-0.3, -0.25) is 0 Å². The summed E-state index contributed by atoms with van der Waals surface area (Å²) in [6.07, 6.45) is 1.05. The molecule has 0 amide bonds. The topological polar surface area (TPSA) is 60.2 Å². The molecular weight excluding hydrogens is 236 g/mol. The van der Waals surface area contributed by atoms with Crippen molar-refractivity contribution in [2.24, 2.45) is 5.73 Å². The van der Waals surface area contributed by atoms with E-state index in [2.05, 4.69) is 0 Å². The summed E-state index contributed by atoms with van der Waals surface area (Å²) < 4.78 is 48.3. The Morgan fingerprint density at radius 1 is 1.31 bits per heavy atom. The summed E-state index contributed by atoms with van der Waals surface area (Å²) in [5.74, 6) is -1.69. The molecule has 0 spiro atoms. The van der Waals surface area contributed by atoms with E-state index < -0.39 is 27.5 Å². The van der Waals surface area contributed by atoms with Gasteiger partial charge < -0.3 is 5.73 Å². The highest BCUT2D eigenvalue weighted by Crippen LogP contribution is 2.21. The van der Waals surface area contributed by atoms with Gasteiger partial charge in [0.15, 0.2) is 0 Å². The van der Waals surface area contributed by atoms with Crippen molar-refractivity contribution in [2.45, 2.75) is 12.5 Å². The highest BCUT2D eigenvalue weighted by molar-refractivity contribution is 7.90. The molecule has 1 unspecified atom stereocenters. The molecule has 0 saturated carbocycles. The summed E-state index contributed by atoms with van der Waals surface area (Å²) in [5, 5.41) is 0. The van der Waals surface area contributed by atoms with Crippen LogP contribution in [0.1, 0.15) is 18.0 Å². The second-order valence-corrected chi connectivity index (χ2v) is 5.92. The van der Waals surface area contributed by atoms with Gasteiger partial charge in [-0.2, -0.15) is 0 Å². The molecule has 16 heavy (non-hydrogen) atoms. The monoisotopic (exact) mass is 249 g/mol. The number of hydrogen-bond acceptors (Lipinski definition) is 3. The van der Waals surface area contributed by atoms with Gasteiger partial charge in [0.25, 0.3) is 0 Å². The second-order valence-electron chi connectivity index (χ2n) is 3.66. The predicted molar refractivity (Wildman–Crippen MR) is 57.6 cm³/mol. The fraction of sp³-hybridized carbons (Fsp3) is 0.400. The maximum Gasteiger partial charge on any atom is 0.147 e. The first-order valence-corrected chi connectivity index (χ1v) is 6.74. The molecule has 0 aliphatic rings. The Hall–Kier alpha value is -1.01. The summed E-state index contributed by atoms with van der Waals surface area (Å²) in [6.45, 7) is 0. The van der Waals surface area contributed by atoms with Crippen LogP contribution in [0.5, 0.6) is 0 Å². The van der Waals surface area contributed by atoms with Gasteiger partial charge >= 0.3 is 0 Å². The van der Waals surface area contributed by atoms with Crippen LogP contribution in [0.3, 0.4) is 0 Å². The van der Waals surface area contributed by atoms with E-state index in [1.165, 1.54) is 6.07 Å². The van der Waals surface area contributed by atoms with E-state index in [9.17, 15) is 17.2 Å². The van der Waals surface area contributed by atoms with E-state index in [4.69, 9.17) is 5.73 Å². The molecule has 0 aliphatic heterocycles. The van der Waals surface area contributed by atoms with E-state index in [1.807, 2.05) is 0 Å². The first-order valence-electron chi connectivity index (χ1n) is 4.68. The van der Waals surface area contributed by atoms with E-state index in [0.717, 1.165) is 18.4 Å². The van der Waals surface area contributed by atoms with Crippen molar-refractivity contribution in [3.05, 3.63) is 35.4 Å². The van der Waals surface area contributed by atoms with Gasteiger partial charge in [-0.15, -0.1) is 0 Å². The lowest BCUT2D eigenvalue weighted by atomic mass is 10.0. The van der Waals surface area contributed by atoms with Crippen LogP contribution >= 0.6 is 0 Å². The lowest BCUT2D eigenvalue weighted by molar-refractivity contribution is 0.518. The Labute approximate surface area is 93.2 Å². The first kappa shape index (κ1) is 13.1. The summed E-state index contributed by atoms with van der Waals surface area (Å²) in [4.78, 5) is 0. The third-order valence-electron chi connectivity index (χ3n) is 2.17. The standard InChI is InChI=1S/C10H13F2NO2S/c1-16(14,15)6-5-9(13)10-7(11)3-2-4-8(10)12/h2-4,9H,5-6,13H2,1H3. The molecule has 0 radical (unpaired) electrons. The van der Waals surface area contributed by atoms with E-state index in [0.29, 0.717) is 0 Å². The van der Waals surface area contributed by atoms with E-state index in [1.54, 1.807) is 0 Å². The third kappa shape index (κ3) is 3.53. The smallest absolute Gasteiger partial charge is 0.147 e. The van der Waals surface area contributed by atoms with Crippen LogP contribution in [0.15, 0.2) is 18.2 Å². The van der Waals surface area contributed by atoms with Gasteiger partial charge in [0.2, 0.25) is 0 Å². The Balaban J connectivity index is 2.85. The molecule has 6 heteroatoms. The van der Waals surface area contributed by atoms with E-state index in [-0.39, 0.29) is 17.7 Å². The Kier molecular flexibility index (Phi) is 3.98. The largest absolute Gasteiger partial charge is 0.324 e. The second kappa shape index (κ2) is 4.88. The zero-order chi connectivity index (χ0) is 12.3. The minimum absolute atomic E-state index is 0.00329. The number of nitrogens with two attached hydrogens (primary N) is 1. The van der Waals surface area contributed by atoms with Gasteiger partial charge in [-0.05, 0) is 18.6 Å². The minimum atomic E-state index is -3.18. The highest BCUT2D eigenvalue weighted by Gasteiger charge is 2.17. The Morgan fingerprint density at radius 2 is 1.81 bits per heavy atom. The molecule has 1 aromatic rings. The average molecular weight is 249 g/mol. The molecule has 2 N–H and O–H groups in total. The fourth-order valence-electron chi connectivity index (χ4n) is 1.35. The van der Waals surface area contributed by atoms with Crippen LogP contribution in [0.2, 0.25) is 0 Å². The molecule has 0 fully saturated rings. The fourth-order valence-corrected chi connectivity index (χ4v) is 2.03. The normalized spacial score (nSPS) is 13.8. The third-order valence-corrected chi connectivity index (χ3v) is 3.15. The van der Waals surface area contributed by atoms with Crippen LogP contribution in [-0.4, -0.2) is 20.4 Å². The molecule has 1 rings (SSSR count). The predicted octanol–water partition coefficient (Wildman–Crippen LogP) is 1.40. The number of hydrogen-bond donors (Lipinski definition) is 1. The van der Waals surface area contributed by atoms with Crippen LogP contribution in [-0.2, 0) is 9.84 Å². The van der Waals surface area contributed by atoms with Crippen molar-refractivity contribution < 1.29 is 17.2 Å². The van der Waals surface area contributed by atoms with Crippen molar-refractivity contribution in [1.82, 2.24) is 0 Å². The lowest BCUT2D eigenvalue weighted by Gasteiger charge is -2.13. The number of halogens is 2. The summed E-state index contributed by atoms with van der Waals surface area (Å²) >= 11 is 0. The van der Waals surface area contributed by atoms with Crippen LogP contribution in [0, 0.1) is 11.6 Å². The molecule has 1 atom stereocenters. The van der Waals surface area contributed by atoms with Gasteiger partial charge in [0.1, 0.15) is 21.5 Å². The van der Waals surface area contributed by atoms with Gasteiger partial charge in [0, 0.05) is 17.9 Å². The lowest BCUT2D eigenvalue weighted by Crippen LogP contribution is -2.18. The maximum atomic E-state index is 13.3. The summed E-state index contributed by atoms with van der Waals surface area (Å²) in [7, 11) is -3.18. The van der Waals surface area contributed by atoms with Gasteiger partial charge in [-0.25, -0.2) is 17.2 Å². The molecule has 3 nitrogen and oxygen atoms in total. The van der Waals surface area contributed by atoms with Gasteiger partial charge in [-0.1, -0.05) is 6.07 Å². The Morgan fingerprint density at radius 3 is 2.25 bits per heavy atom. The van der Waals surface area contributed by atoms with Crippen molar-refractivity contribution in [2.75, 3.05) is 12.0 Å². The molecule has 0 bridgehead atoms. The maximum absolute atomic E-state index is 13.3. The molecular formula is C10H13F2NO2S. The van der Waals surface area contributed by atoms with Crippen molar-refractivity contribution >= 4 is 9.84 Å². The molecule has 0 heterocycles. The number of sulfone groups is 1. The van der Waals surface area contributed by atoms with Crippen LogP contribution in [0.25, 0.3) is 0 Å². The van der Waals surface area contributed by atoms with Gasteiger partial charge in [0.05, 0.1) is 5.75 Å². The Bertz CT molecular complexity index is 453. The van der Waals surface area contributed by atoms with E-state index >= 15 is 0 Å². The molecule has 0 aromatic heterocycles. The summed E-state index contributed by atoms with van der Waals surface area (Å²) in [5.41, 5.74) is 5.30.